The van der Waals surface area contributed by atoms with Crippen LogP contribution in [-0.2, 0) is 0 Å². The van der Waals surface area contributed by atoms with E-state index in [0.29, 0.717) is 12.5 Å². The second-order valence-corrected chi connectivity index (χ2v) is 5.83. The molecule has 0 aromatic carbocycles. The van der Waals surface area contributed by atoms with E-state index in [4.69, 9.17) is 0 Å². The predicted octanol–water partition coefficient (Wildman–Crippen LogP) is 2.91. The van der Waals surface area contributed by atoms with E-state index in [1.54, 1.807) is 11.3 Å². The molecule has 2 heterocycles. The van der Waals surface area contributed by atoms with Crippen LogP contribution < -0.4 is 0 Å². The number of likely N-dealkylation sites (tertiary alicyclic amines) is 1. The maximum Gasteiger partial charge on any atom is 0.186 e. The lowest BCUT2D eigenvalue weighted by Crippen LogP contribution is -2.41. The summed E-state index contributed by atoms with van der Waals surface area (Å²) in [5.41, 5.74) is 0. The molecule has 0 amide bonds. The zero-order chi connectivity index (χ0) is 11.5. The number of piperidine rings is 1. The first-order chi connectivity index (χ1) is 7.66. The van der Waals surface area contributed by atoms with Crippen LogP contribution in [0.3, 0.4) is 0 Å². The molecule has 0 bridgehead atoms. The van der Waals surface area contributed by atoms with Crippen LogP contribution in [0.1, 0.15) is 29.9 Å². The molecule has 1 aromatic heterocycles. The average Bonchev–Trinajstić information content (AvgIpc) is 2.77. The highest BCUT2D eigenvalue weighted by Crippen LogP contribution is 2.22. The summed E-state index contributed by atoms with van der Waals surface area (Å²) in [6, 6.07) is 3.86. The number of carbonyl (C=O) groups is 1. The van der Waals surface area contributed by atoms with E-state index < -0.39 is 0 Å². The van der Waals surface area contributed by atoms with Crippen LogP contribution >= 0.6 is 11.3 Å². The van der Waals surface area contributed by atoms with E-state index in [2.05, 4.69) is 18.7 Å². The maximum absolute atomic E-state index is 11.9. The third kappa shape index (κ3) is 2.71. The van der Waals surface area contributed by atoms with Gasteiger partial charge < -0.3 is 0 Å². The zero-order valence-corrected chi connectivity index (χ0v) is 10.8. The molecular formula is C13H19NOS. The number of carbonyl (C=O) groups excluding carboxylic acids is 1. The molecule has 1 saturated heterocycles. The average molecular weight is 237 g/mol. The molecule has 2 rings (SSSR count). The molecule has 2 unspecified atom stereocenters. The maximum atomic E-state index is 11.9. The first kappa shape index (κ1) is 11.8. The fraction of sp³-hybridized carbons (Fsp3) is 0.615. The number of nitrogens with zero attached hydrogens (tertiary/aromatic N) is 1. The molecule has 16 heavy (non-hydrogen) atoms. The van der Waals surface area contributed by atoms with Gasteiger partial charge in [0.05, 0.1) is 11.4 Å². The number of Topliss-reactive ketones (excluding diaryl/α,β-unsaturated/α-hetero) is 1. The summed E-state index contributed by atoms with van der Waals surface area (Å²) in [6.45, 7) is 7.33. The first-order valence-corrected chi connectivity index (χ1v) is 6.84. The van der Waals surface area contributed by atoms with Gasteiger partial charge in [-0.05, 0) is 36.2 Å². The lowest BCUT2D eigenvalue weighted by Gasteiger charge is -2.34. The molecule has 0 saturated carbocycles. The van der Waals surface area contributed by atoms with Gasteiger partial charge in [-0.1, -0.05) is 19.9 Å². The Morgan fingerprint density at radius 2 is 2.31 bits per heavy atom. The van der Waals surface area contributed by atoms with Crippen molar-refractivity contribution in [1.29, 1.82) is 0 Å². The Hall–Kier alpha value is -0.670. The molecule has 1 fully saturated rings. The van der Waals surface area contributed by atoms with Crippen molar-refractivity contribution in [3.8, 4) is 0 Å². The van der Waals surface area contributed by atoms with Gasteiger partial charge in [-0.3, -0.25) is 9.69 Å². The van der Waals surface area contributed by atoms with Crippen molar-refractivity contribution in [2.24, 2.45) is 11.8 Å². The number of ketones is 1. The Bertz CT molecular complexity index is 347. The minimum Gasteiger partial charge on any atom is -0.295 e. The molecule has 1 aliphatic heterocycles. The van der Waals surface area contributed by atoms with Crippen molar-refractivity contribution in [3.05, 3.63) is 22.4 Å². The van der Waals surface area contributed by atoms with Crippen molar-refractivity contribution in [2.75, 3.05) is 19.6 Å². The monoisotopic (exact) mass is 237 g/mol. The molecule has 0 spiro atoms. The fourth-order valence-corrected chi connectivity index (χ4v) is 2.87. The van der Waals surface area contributed by atoms with Crippen molar-refractivity contribution >= 4 is 17.1 Å². The van der Waals surface area contributed by atoms with Crippen molar-refractivity contribution in [3.63, 3.8) is 0 Å². The summed E-state index contributed by atoms with van der Waals surface area (Å²) in [5, 5.41) is 1.97. The van der Waals surface area contributed by atoms with E-state index in [0.717, 1.165) is 23.9 Å². The highest BCUT2D eigenvalue weighted by Gasteiger charge is 2.24. The lowest BCUT2D eigenvalue weighted by molar-refractivity contribution is 0.0853. The Labute approximate surface area is 101 Å². The summed E-state index contributed by atoms with van der Waals surface area (Å²) in [6.07, 6.45) is 1.22. The third-order valence-corrected chi connectivity index (χ3v) is 4.49. The SMILES string of the molecule is CC1CCN(CC(=O)c2cccs2)CC1C. The largest absolute Gasteiger partial charge is 0.295 e. The minimum absolute atomic E-state index is 0.275. The third-order valence-electron chi connectivity index (χ3n) is 3.58. The summed E-state index contributed by atoms with van der Waals surface area (Å²) in [5.74, 6) is 1.79. The smallest absolute Gasteiger partial charge is 0.186 e. The normalized spacial score (nSPS) is 26.9. The molecule has 0 aliphatic carbocycles. The van der Waals surface area contributed by atoms with Crippen molar-refractivity contribution in [1.82, 2.24) is 4.90 Å². The number of hydrogen-bond donors (Lipinski definition) is 0. The van der Waals surface area contributed by atoms with Gasteiger partial charge in [-0.2, -0.15) is 0 Å². The Kier molecular flexibility index (Phi) is 3.77. The summed E-state index contributed by atoms with van der Waals surface area (Å²) < 4.78 is 0. The quantitative estimate of drug-likeness (QED) is 0.753. The van der Waals surface area contributed by atoms with E-state index in [1.165, 1.54) is 6.42 Å². The summed E-state index contributed by atoms with van der Waals surface area (Å²) in [4.78, 5) is 15.1. The van der Waals surface area contributed by atoms with E-state index in [1.807, 2.05) is 17.5 Å². The fourth-order valence-electron chi connectivity index (χ4n) is 2.21. The van der Waals surface area contributed by atoms with Crippen LogP contribution in [0.15, 0.2) is 17.5 Å². The number of thiophene rings is 1. The van der Waals surface area contributed by atoms with Crippen LogP contribution in [0.25, 0.3) is 0 Å². The lowest BCUT2D eigenvalue weighted by atomic mass is 9.88. The van der Waals surface area contributed by atoms with Crippen molar-refractivity contribution < 1.29 is 4.79 Å². The highest BCUT2D eigenvalue weighted by atomic mass is 32.1. The second-order valence-electron chi connectivity index (χ2n) is 4.88. The first-order valence-electron chi connectivity index (χ1n) is 5.96. The molecule has 1 aliphatic rings. The van der Waals surface area contributed by atoms with Crippen LogP contribution in [0, 0.1) is 11.8 Å². The minimum atomic E-state index is 0.275. The topological polar surface area (TPSA) is 20.3 Å². The molecule has 2 nitrogen and oxygen atoms in total. The molecule has 1 aromatic rings. The number of hydrogen-bond acceptors (Lipinski definition) is 3. The van der Waals surface area contributed by atoms with Gasteiger partial charge in [0.25, 0.3) is 0 Å². The second kappa shape index (κ2) is 5.11. The molecule has 3 heteroatoms. The molecule has 2 atom stereocenters. The zero-order valence-electron chi connectivity index (χ0n) is 9.98. The van der Waals surface area contributed by atoms with Gasteiger partial charge in [0, 0.05) is 6.54 Å². The van der Waals surface area contributed by atoms with Crippen LogP contribution in [0.5, 0.6) is 0 Å². The van der Waals surface area contributed by atoms with Gasteiger partial charge in [0.2, 0.25) is 0 Å². The van der Waals surface area contributed by atoms with E-state index >= 15 is 0 Å². The Morgan fingerprint density at radius 1 is 1.50 bits per heavy atom. The van der Waals surface area contributed by atoms with E-state index in [-0.39, 0.29) is 5.78 Å². The highest BCUT2D eigenvalue weighted by molar-refractivity contribution is 7.12. The van der Waals surface area contributed by atoms with Crippen LogP contribution in [0.4, 0.5) is 0 Å². The summed E-state index contributed by atoms with van der Waals surface area (Å²) >= 11 is 1.54. The van der Waals surface area contributed by atoms with Gasteiger partial charge in [0.15, 0.2) is 5.78 Å². The predicted molar refractivity (Wildman–Crippen MR) is 68.0 cm³/mol. The summed E-state index contributed by atoms with van der Waals surface area (Å²) in [7, 11) is 0. The van der Waals surface area contributed by atoms with Gasteiger partial charge in [-0.15, -0.1) is 11.3 Å². The van der Waals surface area contributed by atoms with E-state index in [9.17, 15) is 4.79 Å². The van der Waals surface area contributed by atoms with Crippen LogP contribution in [0.2, 0.25) is 0 Å². The Balaban J connectivity index is 1.89. The van der Waals surface area contributed by atoms with Crippen molar-refractivity contribution in [2.45, 2.75) is 20.3 Å². The standard InChI is InChI=1S/C13H19NOS/c1-10-5-6-14(8-11(10)2)9-12(15)13-4-3-7-16-13/h3-4,7,10-11H,5-6,8-9H2,1-2H3. The number of rotatable bonds is 3. The molecule has 0 N–H and O–H groups in total. The Morgan fingerprint density at radius 3 is 2.94 bits per heavy atom. The van der Waals surface area contributed by atoms with Gasteiger partial charge in [0.1, 0.15) is 0 Å². The molecule has 0 radical (unpaired) electrons. The van der Waals surface area contributed by atoms with Gasteiger partial charge >= 0.3 is 0 Å². The van der Waals surface area contributed by atoms with Crippen LogP contribution in [-0.4, -0.2) is 30.3 Å². The molecular weight excluding hydrogens is 218 g/mol. The van der Waals surface area contributed by atoms with Gasteiger partial charge in [-0.25, -0.2) is 0 Å². The molecule has 88 valence electrons.